The standard InChI is InChI=1S/C13H10O3/c1-2-3-8-15-12-9-16-11-7-5-4-6-10(11)13(12)14/h4-7,9H,8H2,1H3. The van der Waals surface area contributed by atoms with Gasteiger partial charge in [0, 0.05) is 0 Å². The van der Waals surface area contributed by atoms with Gasteiger partial charge in [0.1, 0.15) is 18.5 Å². The molecule has 0 amide bonds. The molecular weight excluding hydrogens is 204 g/mol. The van der Waals surface area contributed by atoms with Gasteiger partial charge in [-0.3, -0.25) is 4.79 Å². The van der Waals surface area contributed by atoms with Crippen LogP contribution in [0.3, 0.4) is 0 Å². The van der Waals surface area contributed by atoms with E-state index in [9.17, 15) is 4.79 Å². The molecule has 0 aliphatic heterocycles. The fourth-order valence-corrected chi connectivity index (χ4v) is 1.35. The average molecular weight is 214 g/mol. The van der Waals surface area contributed by atoms with Crippen molar-refractivity contribution in [1.29, 1.82) is 0 Å². The van der Waals surface area contributed by atoms with E-state index >= 15 is 0 Å². The largest absolute Gasteiger partial charge is 0.474 e. The van der Waals surface area contributed by atoms with Crippen molar-refractivity contribution in [2.24, 2.45) is 0 Å². The Labute approximate surface area is 92.7 Å². The van der Waals surface area contributed by atoms with Crippen molar-refractivity contribution in [3.05, 3.63) is 40.8 Å². The minimum absolute atomic E-state index is 0.167. The quantitative estimate of drug-likeness (QED) is 0.719. The van der Waals surface area contributed by atoms with E-state index in [-0.39, 0.29) is 17.8 Å². The summed E-state index contributed by atoms with van der Waals surface area (Å²) >= 11 is 0. The van der Waals surface area contributed by atoms with E-state index in [0.717, 1.165) is 0 Å². The Morgan fingerprint density at radius 1 is 1.38 bits per heavy atom. The Hall–Kier alpha value is -2.21. The Morgan fingerprint density at radius 2 is 2.19 bits per heavy atom. The van der Waals surface area contributed by atoms with Crippen LogP contribution in [-0.2, 0) is 0 Å². The zero-order valence-corrected chi connectivity index (χ0v) is 8.82. The molecule has 3 heteroatoms. The number of fused-ring (bicyclic) bond motifs is 1. The molecule has 0 saturated heterocycles. The molecule has 1 heterocycles. The molecule has 2 rings (SSSR count). The van der Waals surface area contributed by atoms with E-state index in [1.165, 1.54) is 6.26 Å². The van der Waals surface area contributed by atoms with Gasteiger partial charge in [-0.05, 0) is 19.1 Å². The number of hydrogen-bond acceptors (Lipinski definition) is 3. The topological polar surface area (TPSA) is 39.4 Å². The Bertz CT molecular complexity index is 614. The second kappa shape index (κ2) is 4.54. The highest BCUT2D eigenvalue weighted by atomic mass is 16.5. The lowest BCUT2D eigenvalue weighted by Gasteiger charge is -2.01. The molecule has 1 aromatic carbocycles. The van der Waals surface area contributed by atoms with Crippen LogP contribution in [-0.4, -0.2) is 6.61 Å². The summed E-state index contributed by atoms with van der Waals surface area (Å²) in [7, 11) is 0. The number of rotatable bonds is 2. The maximum atomic E-state index is 11.9. The van der Waals surface area contributed by atoms with Gasteiger partial charge in [0.25, 0.3) is 0 Å². The molecule has 0 radical (unpaired) electrons. The lowest BCUT2D eigenvalue weighted by molar-refractivity contribution is 0.354. The third kappa shape index (κ3) is 1.91. The predicted molar refractivity (Wildman–Crippen MR) is 61.4 cm³/mol. The van der Waals surface area contributed by atoms with Gasteiger partial charge < -0.3 is 9.15 Å². The second-order valence-corrected chi connectivity index (χ2v) is 3.14. The molecule has 3 nitrogen and oxygen atoms in total. The highest BCUT2D eigenvalue weighted by Crippen LogP contribution is 2.13. The van der Waals surface area contributed by atoms with E-state index in [0.29, 0.717) is 11.0 Å². The molecule has 1 aromatic heterocycles. The van der Waals surface area contributed by atoms with Crippen molar-refractivity contribution in [3.8, 4) is 17.6 Å². The molecule has 0 aliphatic rings. The lowest BCUT2D eigenvalue weighted by Crippen LogP contribution is -2.08. The molecule has 16 heavy (non-hydrogen) atoms. The number of benzene rings is 1. The van der Waals surface area contributed by atoms with Crippen LogP contribution in [0.2, 0.25) is 0 Å². The van der Waals surface area contributed by atoms with Crippen LogP contribution in [0.5, 0.6) is 5.75 Å². The first-order valence-electron chi connectivity index (χ1n) is 4.86. The molecule has 0 saturated carbocycles. The Morgan fingerprint density at radius 3 is 3.00 bits per heavy atom. The summed E-state index contributed by atoms with van der Waals surface area (Å²) in [5.41, 5.74) is 0.390. The van der Waals surface area contributed by atoms with Crippen LogP contribution in [0.15, 0.2) is 39.7 Å². The highest BCUT2D eigenvalue weighted by Gasteiger charge is 2.06. The Kier molecular flexibility index (Phi) is 2.93. The van der Waals surface area contributed by atoms with Gasteiger partial charge in [-0.25, -0.2) is 0 Å². The molecule has 0 bridgehead atoms. The predicted octanol–water partition coefficient (Wildman–Crippen LogP) is 2.20. The molecule has 0 N–H and O–H groups in total. The minimum atomic E-state index is -0.167. The van der Waals surface area contributed by atoms with Gasteiger partial charge in [-0.1, -0.05) is 18.1 Å². The van der Waals surface area contributed by atoms with Crippen LogP contribution in [0.4, 0.5) is 0 Å². The average Bonchev–Trinajstić information content (AvgIpc) is 2.33. The second-order valence-electron chi connectivity index (χ2n) is 3.14. The van der Waals surface area contributed by atoms with E-state index in [1.807, 2.05) is 6.07 Å². The summed E-state index contributed by atoms with van der Waals surface area (Å²) in [6.45, 7) is 1.91. The molecule has 0 aliphatic carbocycles. The fraction of sp³-hybridized carbons (Fsp3) is 0.154. The van der Waals surface area contributed by atoms with E-state index < -0.39 is 0 Å². The summed E-state index contributed by atoms with van der Waals surface area (Å²) in [5.74, 6) is 5.60. The molecule has 2 aromatic rings. The number of para-hydroxylation sites is 1. The first kappa shape index (κ1) is 10.3. The van der Waals surface area contributed by atoms with Gasteiger partial charge in [0.2, 0.25) is 11.2 Å². The fourth-order valence-electron chi connectivity index (χ4n) is 1.35. The van der Waals surface area contributed by atoms with Crippen molar-refractivity contribution >= 4 is 11.0 Å². The normalized spacial score (nSPS) is 9.56. The van der Waals surface area contributed by atoms with E-state index in [1.54, 1.807) is 25.1 Å². The number of ether oxygens (including phenoxy) is 1. The molecular formula is C13H10O3. The van der Waals surface area contributed by atoms with Crippen molar-refractivity contribution in [3.63, 3.8) is 0 Å². The van der Waals surface area contributed by atoms with Gasteiger partial charge in [-0.2, -0.15) is 0 Å². The maximum absolute atomic E-state index is 11.9. The monoisotopic (exact) mass is 214 g/mol. The smallest absolute Gasteiger partial charge is 0.234 e. The first-order chi connectivity index (χ1) is 7.83. The lowest BCUT2D eigenvalue weighted by atomic mass is 10.2. The van der Waals surface area contributed by atoms with Gasteiger partial charge in [0.15, 0.2) is 0 Å². The third-order valence-electron chi connectivity index (χ3n) is 2.13. The van der Waals surface area contributed by atoms with Crippen molar-refractivity contribution in [2.75, 3.05) is 6.61 Å². The van der Waals surface area contributed by atoms with Gasteiger partial charge in [0.05, 0.1) is 5.39 Å². The minimum Gasteiger partial charge on any atom is -0.474 e. The van der Waals surface area contributed by atoms with Gasteiger partial charge >= 0.3 is 0 Å². The molecule has 0 unspecified atom stereocenters. The zero-order chi connectivity index (χ0) is 11.4. The number of hydrogen-bond donors (Lipinski definition) is 0. The summed E-state index contributed by atoms with van der Waals surface area (Å²) in [6.07, 6.45) is 1.32. The zero-order valence-electron chi connectivity index (χ0n) is 8.82. The molecule has 0 spiro atoms. The van der Waals surface area contributed by atoms with Crippen molar-refractivity contribution in [1.82, 2.24) is 0 Å². The third-order valence-corrected chi connectivity index (χ3v) is 2.13. The first-order valence-corrected chi connectivity index (χ1v) is 4.86. The molecule has 0 atom stereocenters. The van der Waals surface area contributed by atoms with E-state index in [2.05, 4.69) is 11.8 Å². The summed E-state index contributed by atoms with van der Waals surface area (Å²) in [5, 5.41) is 0.518. The van der Waals surface area contributed by atoms with Crippen LogP contribution in [0.1, 0.15) is 6.92 Å². The summed E-state index contributed by atoms with van der Waals surface area (Å²) in [6, 6.07) is 7.05. The maximum Gasteiger partial charge on any atom is 0.234 e. The molecule has 0 fully saturated rings. The van der Waals surface area contributed by atoms with E-state index in [4.69, 9.17) is 9.15 Å². The summed E-state index contributed by atoms with van der Waals surface area (Å²) in [4.78, 5) is 11.9. The van der Waals surface area contributed by atoms with Crippen LogP contribution >= 0.6 is 0 Å². The summed E-state index contributed by atoms with van der Waals surface area (Å²) < 4.78 is 10.5. The SMILES string of the molecule is CC#CCOc1coc2ccccc2c1=O. The van der Waals surface area contributed by atoms with Gasteiger partial charge in [-0.15, -0.1) is 5.92 Å². The van der Waals surface area contributed by atoms with Crippen LogP contribution < -0.4 is 10.2 Å². The van der Waals surface area contributed by atoms with Crippen LogP contribution in [0, 0.1) is 11.8 Å². The highest BCUT2D eigenvalue weighted by molar-refractivity contribution is 5.77. The Balaban J connectivity index is 2.43. The van der Waals surface area contributed by atoms with Crippen molar-refractivity contribution < 1.29 is 9.15 Å². The van der Waals surface area contributed by atoms with Crippen molar-refractivity contribution in [2.45, 2.75) is 6.92 Å². The van der Waals surface area contributed by atoms with Crippen LogP contribution in [0.25, 0.3) is 11.0 Å². The molecule has 80 valence electrons.